The Morgan fingerprint density at radius 1 is 1.07 bits per heavy atom. The van der Waals surface area contributed by atoms with Crippen LogP contribution in [-0.2, 0) is 16.1 Å². The van der Waals surface area contributed by atoms with E-state index < -0.39 is 23.8 Å². The van der Waals surface area contributed by atoms with Crippen molar-refractivity contribution in [3.8, 4) is 0 Å². The van der Waals surface area contributed by atoms with Crippen LogP contribution in [0.15, 0.2) is 18.2 Å². The summed E-state index contributed by atoms with van der Waals surface area (Å²) >= 11 is 0. The number of hydrogen-bond acceptors (Lipinski definition) is 6. The topological polar surface area (TPSA) is 108 Å². The van der Waals surface area contributed by atoms with Gasteiger partial charge in [-0.25, -0.2) is 0 Å². The number of carbonyl (C=O) groups is 4. The summed E-state index contributed by atoms with van der Waals surface area (Å²) in [6.45, 7) is 3.38. The smallest absolute Gasteiger partial charge is 0.262 e. The first kappa shape index (κ1) is 19.7. The predicted octanol–water partition coefficient (Wildman–Crippen LogP) is 0.567. The van der Waals surface area contributed by atoms with Gasteiger partial charge in [-0.1, -0.05) is 18.6 Å². The summed E-state index contributed by atoms with van der Waals surface area (Å²) in [5.74, 6) is -1.33. The first-order chi connectivity index (χ1) is 14.1. The minimum atomic E-state index is -0.932. The molecule has 1 aromatic carbocycles. The molecular formula is C21H26N4O4. The lowest BCUT2D eigenvalue weighted by Crippen LogP contribution is -2.54. The van der Waals surface area contributed by atoms with Crippen molar-refractivity contribution in [3.63, 3.8) is 0 Å². The highest BCUT2D eigenvalue weighted by atomic mass is 16.2. The highest BCUT2D eigenvalue weighted by Gasteiger charge is 2.45. The van der Waals surface area contributed by atoms with Gasteiger partial charge in [-0.05, 0) is 56.4 Å². The molecule has 0 aromatic heterocycles. The highest BCUT2D eigenvalue weighted by molar-refractivity contribution is 6.24. The second-order valence-corrected chi connectivity index (χ2v) is 7.98. The minimum Gasteiger partial charge on any atom is -0.316 e. The number of rotatable bonds is 5. The molecule has 2 unspecified atom stereocenters. The third-order valence-electron chi connectivity index (χ3n) is 5.95. The van der Waals surface area contributed by atoms with Crippen LogP contribution >= 0.6 is 0 Å². The molecule has 2 atom stereocenters. The molecule has 0 saturated carbocycles. The third kappa shape index (κ3) is 3.95. The van der Waals surface area contributed by atoms with Crippen molar-refractivity contribution in [2.75, 3.05) is 19.6 Å². The molecule has 0 radical (unpaired) electrons. The molecule has 3 N–H and O–H groups in total. The number of piperidine rings is 1. The van der Waals surface area contributed by atoms with E-state index >= 15 is 0 Å². The van der Waals surface area contributed by atoms with Crippen LogP contribution in [0.5, 0.6) is 0 Å². The second-order valence-electron chi connectivity index (χ2n) is 7.98. The van der Waals surface area contributed by atoms with Crippen LogP contribution in [0.2, 0.25) is 0 Å². The van der Waals surface area contributed by atoms with Gasteiger partial charge in [0.15, 0.2) is 0 Å². The van der Waals surface area contributed by atoms with Crippen molar-refractivity contribution in [2.45, 2.75) is 44.7 Å². The van der Waals surface area contributed by atoms with Gasteiger partial charge in [-0.15, -0.1) is 0 Å². The SMILES string of the molecule is O=C1CCC(N2C(=O)c3cccc(CNCC4CCCCNC4)c3C2=O)C(=O)N1. The van der Waals surface area contributed by atoms with Crippen molar-refractivity contribution in [3.05, 3.63) is 34.9 Å². The summed E-state index contributed by atoms with van der Waals surface area (Å²) in [4.78, 5) is 50.5. The Labute approximate surface area is 169 Å². The van der Waals surface area contributed by atoms with E-state index in [9.17, 15) is 19.2 Å². The average Bonchev–Trinajstić information content (AvgIpc) is 2.87. The molecule has 8 nitrogen and oxygen atoms in total. The van der Waals surface area contributed by atoms with E-state index in [1.165, 1.54) is 19.3 Å². The van der Waals surface area contributed by atoms with Gasteiger partial charge >= 0.3 is 0 Å². The summed E-state index contributed by atoms with van der Waals surface area (Å²) in [5, 5.41) is 9.09. The number of hydrogen-bond donors (Lipinski definition) is 3. The minimum absolute atomic E-state index is 0.119. The number of nitrogens with zero attached hydrogens (tertiary/aromatic N) is 1. The monoisotopic (exact) mass is 398 g/mol. The number of imide groups is 2. The van der Waals surface area contributed by atoms with Crippen LogP contribution in [0.25, 0.3) is 0 Å². The molecule has 0 spiro atoms. The summed E-state index contributed by atoms with van der Waals surface area (Å²) in [7, 11) is 0. The maximum absolute atomic E-state index is 13.1. The van der Waals surface area contributed by atoms with Gasteiger partial charge in [0.2, 0.25) is 11.8 Å². The number of carbonyl (C=O) groups excluding carboxylic acids is 4. The highest BCUT2D eigenvalue weighted by Crippen LogP contribution is 2.30. The Hall–Kier alpha value is -2.58. The lowest BCUT2D eigenvalue weighted by atomic mass is 10.0. The Kier molecular flexibility index (Phi) is 5.73. The molecule has 4 amide bonds. The van der Waals surface area contributed by atoms with E-state index in [4.69, 9.17) is 0 Å². The maximum atomic E-state index is 13.1. The predicted molar refractivity (Wildman–Crippen MR) is 105 cm³/mol. The molecule has 8 heteroatoms. The van der Waals surface area contributed by atoms with Gasteiger partial charge in [0.1, 0.15) is 6.04 Å². The maximum Gasteiger partial charge on any atom is 0.262 e. The lowest BCUT2D eigenvalue weighted by molar-refractivity contribution is -0.136. The van der Waals surface area contributed by atoms with Crippen LogP contribution < -0.4 is 16.0 Å². The van der Waals surface area contributed by atoms with Gasteiger partial charge in [-0.3, -0.25) is 29.4 Å². The molecule has 3 aliphatic rings. The van der Waals surface area contributed by atoms with Gasteiger partial charge in [0.25, 0.3) is 11.8 Å². The first-order valence-electron chi connectivity index (χ1n) is 10.3. The molecule has 0 bridgehead atoms. The molecule has 2 saturated heterocycles. The number of benzene rings is 1. The van der Waals surface area contributed by atoms with Crippen molar-refractivity contribution >= 4 is 23.6 Å². The van der Waals surface area contributed by atoms with E-state index in [-0.39, 0.29) is 18.7 Å². The summed E-state index contributed by atoms with van der Waals surface area (Å²) in [5.41, 5.74) is 1.46. The van der Waals surface area contributed by atoms with Crippen molar-refractivity contribution in [1.29, 1.82) is 0 Å². The van der Waals surface area contributed by atoms with Crippen LogP contribution in [0.4, 0.5) is 0 Å². The standard InChI is InChI=1S/C21H26N4O4/c26-17-8-7-16(19(27)24-17)25-20(28)15-6-3-5-14(18(15)21(25)29)12-23-11-13-4-1-2-9-22-10-13/h3,5-6,13,16,22-23H,1-2,4,7-12H2,(H,24,26,27). The van der Waals surface area contributed by atoms with E-state index in [2.05, 4.69) is 16.0 Å². The number of fused-ring (bicyclic) bond motifs is 1. The van der Waals surface area contributed by atoms with Crippen LogP contribution in [-0.4, -0.2) is 54.2 Å². The zero-order chi connectivity index (χ0) is 20.4. The molecule has 0 aliphatic carbocycles. The number of amides is 4. The molecule has 3 aliphatic heterocycles. The molecule has 1 aromatic rings. The fourth-order valence-electron chi connectivity index (χ4n) is 4.41. The zero-order valence-corrected chi connectivity index (χ0v) is 16.3. The molecular weight excluding hydrogens is 372 g/mol. The van der Waals surface area contributed by atoms with E-state index in [0.717, 1.165) is 30.1 Å². The summed E-state index contributed by atoms with van der Waals surface area (Å²) in [6.07, 6.45) is 3.88. The summed E-state index contributed by atoms with van der Waals surface area (Å²) in [6, 6.07) is 4.30. The third-order valence-corrected chi connectivity index (χ3v) is 5.95. The molecule has 4 rings (SSSR count). The van der Waals surface area contributed by atoms with Gasteiger partial charge < -0.3 is 10.6 Å². The van der Waals surface area contributed by atoms with E-state index in [1.54, 1.807) is 12.1 Å². The van der Waals surface area contributed by atoms with Gasteiger partial charge in [0.05, 0.1) is 11.1 Å². The Morgan fingerprint density at radius 2 is 1.93 bits per heavy atom. The normalized spacial score (nSPS) is 25.0. The largest absolute Gasteiger partial charge is 0.316 e. The van der Waals surface area contributed by atoms with Gasteiger partial charge in [0, 0.05) is 13.0 Å². The van der Waals surface area contributed by atoms with Crippen molar-refractivity contribution in [2.24, 2.45) is 5.92 Å². The lowest BCUT2D eigenvalue weighted by Gasteiger charge is -2.27. The molecule has 2 fully saturated rings. The zero-order valence-electron chi connectivity index (χ0n) is 16.3. The van der Waals surface area contributed by atoms with Crippen LogP contribution in [0, 0.1) is 5.92 Å². The fourth-order valence-corrected chi connectivity index (χ4v) is 4.41. The second kappa shape index (κ2) is 8.42. The molecule has 3 heterocycles. The Bertz CT molecular complexity index is 845. The average molecular weight is 398 g/mol. The number of nitrogens with one attached hydrogen (secondary N) is 3. The van der Waals surface area contributed by atoms with Crippen LogP contribution in [0.3, 0.4) is 0 Å². The van der Waals surface area contributed by atoms with E-state index in [1.807, 2.05) is 6.07 Å². The summed E-state index contributed by atoms with van der Waals surface area (Å²) < 4.78 is 0. The molecule has 29 heavy (non-hydrogen) atoms. The van der Waals surface area contributed by atoms with E-state index in [0.29, 0.717) is 23.6 Å². The van der Waals surface area contributed by atoms with Crippen molar-refractivity contribution in [1.82, 2.24) is 20.9 Å². The van der Waals surface area contributed by atoms with Crippen LogP contribution in [0.1, 0.15) is 58.4 Å². The first-order valence-corrected chi connectivity index (χ1v) is 10.3. The fraction of sp³-hybridized carbons (Fsp3) is 0.524. The van der Waals surface area contributed by atoms with Crippen molar-refractivity contribution < 1.29 is 19.2 Å². The molecule has 154 valence electrons. The Balaban J connectivity index is 1.47. The van der Waals surface area contributed by atoms with Gasteiger partial charge in [-0.2, -0.15) is 0 Å². The Morgan fingerprint density at radius 3 is 2.76 bits per heavy atom. The quantitative estimate of drug-likeness (QED) is 0.626.